The number of nitrogens with two attached hydrogens (primary N) is 2. The van der Waals surface area contributed by atoms with E-state index in [4.69, 9.17) is 11.5 Å². The number of hydrogen-bond acceptors (Lipinski definition) is 12. The van der Waals surface area contributed by atoms with Crippen molar-refractivity contribution in [2.75, 3.05) is 19.8 Å². The molecule has 0 aliphatic carbocycles. The summed E-state index contributed by atoms with van der Waals surface area (Å²) in [5.74, 6) is 2.78. The van der Waals surface area contributed by atoms with E-state index < -0.39 is 0 Å². The molecule has 6 heterocycles. The molecule has 1 amide bonds. The van der Waals surface area contributed by atoms with E-state index in [2.05, 4.69) is 53.4 Å². The van der Waals surface area contributed by atoms with E-state index in [1.165, 1.54) is 6.33 Å². The van der Waals surface area contributed by atoms with Gasteiger partial charge in [-0.05, 0) is 19.9 Å². The summed E-state index contributed by atoms with van der Waals surface area (Å²) in [7, 11) is 7.38. The van der Waals surface area contributed by atoms with Crippen LogP contribution in [0.15, 0.2) is 77.6 Å². The second-order valence-electron chi connectivity index (χ2n) is 9.17. The molecule has 16 nitrogen and oxygen atoms in total. The number of rotatable bonds is 0. The van der Waals surface area contributed by atoms with Crippen LogP contribution in [0.5, 0.6) is 0 Å². The fourth-order valence-electron chi connectivity index (χ4n) is 3.37. The summed E-state index contributed by atoms with van der Waals surface area (Å²) < 4.78 is 3.52. The highest BCUT2D eigenvalue weighted by atomic mass is 16.2. The highest BCUT2D eigenvalue weighted by molar-refractivity contribution is 5.94. The Kier molecular flexibility index (Phi) is 9.54. The molecule has 4 aromatic heterocycles. The van der Waals surface area contributed by atoms with Gasteiger partial charge in [-0.25, -0.2) is 29.9 Å². The molecule has 0 saturated carbocycles. The van der Waals surface area contributed by atoms with E-state index in [0.717, 1.165) is 5.65 Å². The predicted octanol–water partition coefficient (Wildman–Crippen LogP) is 0.607. The molecule has 16 heteroatoms. The molecule has 2 aliphatic rings. The second kappa shape index (κ2) is 13.0. The van der Waals surface area contributed by atoms with Crippen molar-refractivity contribution < 1.29 is 4.79 Å². The number of amides is 1. The minimum absolute atomic E-state index is 0.0666. The number of fused-ring (bicyclic) bond motifs is 2. The SMILES string of the molecule is C=C1N=C(N)C=CN1C.C=C1NC(=O)C(C)=CN1C.Cc1nc2c(ncn2C)c(=O)[nH]1.Cn1cnc2c(N)ncnc21. The number of amidine groups is 1. The standard InChI is InChI=1S/C7H8N4O.C7H10N2O.C6H7N5.C6H9N3/c1-4-9-6-5(7(12)10-4)8-3-11(6)2;1-5-4-9(3)6(2)8-7(5)10;1-11-3-10-4-5(7)8-2-9-6(4)11;1-5-8-6(7)3-4-9(5)2/h3H,1-2H3,(H,9,10,12);4H,2H2,1,3H3,(H,8,10);2-3H,1H3,(H2,7,8,9);3-4H,1H2,2H3,(H2,7,8). The smallest absolute Gasteiger partial charge is 0.279 e. The zero-order chi connectivity index (χ0) is 31.1. The molecule has 6 N–H and O–H groups in total. The molecule has 6 rings (SSSR count). The molecule has 0 fully saturated rings. The molecule has 42 heavy (non-hydrogen) atoms. The van der Waals surface area contributed by atoms with Crippen molar-refractivity contribution in [3.8, 4) is 0 Å². The van der Waals surface area contributed by atoms with Gasteiger partial charge < -0.3 is 40.7 Å². The van der Waals surface area contributed by atoms with Gasteiger partial charge in [0.2, 0.25) is 0 Å². The molecular weight excluding hydrogens is 540 g/mol. The molecule has 4 aromatic rings. The maximum absolute atomic E-state index is 11.2. The zero-order valence-electron chi connectivity index (χ0n) is 24.3. The summed E-state index contributed by atoms with van der Waals surface area (Å²) in [6.45, 7) is 10.8. The maximum Gasteiger partial charge on any atom is 0.279 e. The highest BCUT2D eigenvalue weighted by Gasteiger charge is 2.13. The van der Waals surface area contributed by atoms with Gasteiger partial charge >= 0.3 is 0 Å². The molecule has 0 aromatic carbocycles. The van der Waals surface area contributed by atoms with Gasteiger partial charge in [0.15, 0.2) is 22.6 Å². The Morgan fingerprint density at radius 1 is 0.857 bits per heavy atom. The molecular formula is C26H34N14O2. The third-order valence-electron chi connectivity index (χ3n) is 5.78. The van der Waals surface area contributed by atoms with Gasteiger partial charge in [-0.3, -0.25) is 9.59 Å². The number of aromatic nitrogens is 8. The van der Waals surface area contributed by atoms with Crippen LogP contribution in [0, 0.1) is 6.92 Å². The molecule has 220 valence electrons. The van der Waals surface area contributed by atoms with Gasteiger partial charge in [-0.2, -0.15) is 0 Å². The van der Waals surface area contributed by atoms with Gasteiger partial charge in [0.05, 0.1) is 12.7 Å². The Morgan fingerprint density at radius 2 is 1.50 bits per heavy atom. The number of nitrogens with one attached hydrogen (secondary N) is 2. The van der Waals surface area contributed by atoms with Crippen molar-refractivity contribution in [3.05, 3.63) is 84.0 Å². The van der Waals surface area contributed by atoms with Crippen LogP contribution in [0.3, 0.4) is 0 Å². The number of nitrogen functional groups attached to an aromatic ring is 1. The molecule has 0 unspecified atom stereocenters. The molecule has 0 saturated heterocycles. The number of nitrogens with zero attached hydrogens (tertiary/aromatic N) is 10. The number of aromatic amines is 1. The van der Waals surface area contributed by atoms with Crippen molar-refractivity contribution in [2.24, 2.45) is 24.8 Å². The first kappa shape index (κ1) is 30.7. The average Bonchev–Trinajstić information content (AvgIpc) is 3.50. The lowest BCUT2D eigenvalue weighted by Gasteiger charge is -2.23. The van der Waals surface area contributed by atoms with Crippen LogP contribution in [0.25, 0.3) is 22.3 Å². The normalized spacial score (nSPS) is 14.2. The Bertz CT molecular complexity index is 1790. The number of hydrogen-bond donors (Lipinski definition) is 4. The van der Waals surface area contributed by atoms with E-state index in [1.54, 1.807) is 64.8 Å². The summed E-state index contributed by atoms with van der Waals surface area (Å²) in [5.41, 5.74) is 13.9. The van der Waals surface area contributed by atoms with Crippen LogP contribution in [-0.4, -0.2) is 74.7 Å². The Hall–Kier alpha value is -5.80. The number of imidazole rings is 2. The molecule has 0 spiro atoms. The van der Waals surface area contributed by atoms with Crippen LogP contribution in [0.4, 0.5) is 5.82 Å². The first-order valence-corrected chi connectivity index (χ1v) is 12.4. The Balaban J connectivity index is 0.000000155. The lowest BCUT2D eigenvalue weighted by atomic mass is 10.2. The fraction of sp³-hybridized carbons (Fsp3) is 0.231. The zero-order valence-corrected chi connectivity index (χ0v) is 24.3. The molecule has 0 atom stereocenters. The van der Waals surface area contributed by atoms with Crippen LogP contribution >= 0.6 is 0 Å². The van der Waals surface area contributed by atoms with Crippen LogP contribution < -0.4 is 22.3 Å². The monoisotopic (exact) mass is 574 g/mol. The van der Waals surface area contributed by atoms with Gasteiger partial charge in [-0.15, -0.1) is 0 Å². The first-order valence-electron chi connectivity index (χ1n) is 12.4. The van der Waals surface area contributed by atoms with E-state index in [1.807, 2.05) is 27.3 Å². The Morgan fingerprint density at radius 3 is 2.10 bits per heavy atom. The van der Waals surface area contributed by atoms with E-state index in [0.29, 0.717) is 51.4 Å². The van der Waals surface area contributed by atoms with E-state index in [9.17, 15) is 9.59 Å². The molecule has 2 aliphatic heterocycles. The minimum atomic E-state index is -0.182. The largest absolute Gasteiger partial charge is 0.384 e. The Labute approximate surface area is 241 Å². The number of carbonyl (C=O) groups is 1. The highest BCUT2D eigenvalue weighted by Crippen LogP contribution is 2.12. The number of aliphatic imine (C=N–C) groups is 1. The molecule has 0 radical (unpaired) electrons. The first-order chi connectivity index (χ1) is 19.8. The second-order valence-corrected chi connectivity index (χ2v) is 9.17. The van der Waals surface area contributed by atoms with Crippen LogP contribution in [0.2, 0.25) is 0 Å². The van der Waals surface area contributed by atoms with Gasteiger partial charge in [0.1, 0.15) is 35.1 Å². The van der Waals surface area contributed by atoms with Crippen molar-refractivity contribution in [1.82, 2.24) is 54.2 Å². The van der Waals surface area contributed by atoms with Gasteiger partial charge in [0.25, 0.3) is 11.5 Å². The summed E-state index contributed by atoms with van der Waals surface area (Å²) in [6.07, 6.45) is 9.97. The lowest BCUT2D eigenvalue weighted by molar-refractivity contribution is -0.117. The maximum atomic E-state index is 11.2. The topological polar surface area (TPSA) is 207 Å². The van der Waals surface area contributed by atoms with E-state index >= 15 is 0 Å². The number of anilines is 1. The van der Waals surface area contributed by atoms with Gasteiger partial charge in [-0.1, -0.05) is 13.2 Å². The van der Waals surface area contributed by atoms with Crippen molar-refractivity contribution in [2.45, 2.75) is 13.8 Å². The fourth-order valence-corrected chi connectivity index (χ4v) is 3.37. The van der Waals surface area contributed by atoms with Crippen LogP contribution in [0.1, 0.15) is 12.7 Å². The average molecular weight is 575 g/mol. The number of H-pyrrole nitrogens is 1. The third-order valence-corrected chi connectivity index (χ3v) is 5.78. The van der Waals surface area contributed by atoms with Gasteiger partial charge in [0, 0.05) is 46.2 Å². The quantitative estimate of drug-likeness (QED) is 0.229. The van der Waals surface area contributed by atoms with Crippen molar-refractivity contribution in [3.63, 3.8) is 0 Å². The van der Waals surface area contributed by atoms with Crippen molar-refractivity contribution in [1.29, 1.82) is 0 Å². The number of carbonyl (C=O) groups excluding carboxylic acids is 1. The third kappa shape index (κ3) is 7.44. The van der Waals surface area contributed by atoms with Crippen LogP contribution in [-0.2, 0) is 18.9 Å². The number of aryl methyl sites for hydroxylation is 3. The summed E-state index contributed by atoms with van der Waals surface area (Å²) in [5, 5.41) is 2.60. The van der Waals surface area contributed by atoms with Crippen molar-refractivity contribution >= 4 is 39.9 Å². The minimum Gasteiger partial charge on any atom is -0.384 e. The summed E-state index contributed by atoms with van der Waals surface area (Å²) >= 11 is 0. The summed E-state index contributed by atoms with van der Waals surface area (Å²) in [4.78, 5) is 52.1. The van der Waals surface area contributed by atoms with E-state index in [-0.39, 0.29) is 11.5 Å². The molecule has 0 bridgehead atoms. The summed E-state index contributed by atoms with van der Waals surface area (Å²) in [6, 6.07) is 0. The predicted molar refractivity (Wildman–Crippen MR) is 161 cm³/mol. The lowest BCUT2D eigenvalue weighted by Crippen LogP contribution is -2.35.